The molecule has 1 saturated heterocycles. The Labute approximate surface area is 110 Å². The van der Waals surface area contributed by atoms with Crippen LogP contribution in [0.4, 0.5) is 0 Å². The van der Waals surface area contributed by atoms with Gasteiger partial charge in [0.2, 0.25) is 0 Å². The third kappa shape index (κ3) is 2.33. The van der Waals surface area contributed by atoms with Crippen LogP contribution in [-0.4, -0.2) is 54.0 Å². The van der Waals surface area contributed by atoms with E-state index in [4.69, 9.17) is 0 Å². The molecule has 1 aliphatic heterocycles. The molecule has 0 radical (unpaired) electrons. The van der Waals surface area contributed by atoms with Crippen LogP contribution in [0, 0.1) is 0 Å². The molecule has 0 atom stereocenters. The SMILES string of the molecule is O=C(c1ccc2cn[nH]c2c1)N1CCS(=O)(=O)CC1. The maximum Gasteiger partial charge on any atom is 0.253 e. The first-order valence-electron chi connectivity index (χ1n) is 5.98. The number of carbonyl (C=O) groups excluding carboxylic acids is 1. The van der Waals surface area contributed by atoms with Gasteiger partial charge >= 0.3 is 0 Å². The summed E-state index contributed by atoms with van der Waals surface area (Å²) >= 11 is 0. The standard InChI is InChI=1S/C12H13N3O3S/c16-12(15-3-5-19(17,18)6-4-15)9-1-2-10-8-13-14-11(10)7-9/h1-2,7-8H,3-6H2,(H,13,14). The average Bonchev–Trinajstić information content (AvgIpc) is 2.85. The first-order chi connectivity index (χ1) is 9.05. The maximum atomic E-state index is 12.3. The molecule has 1 aromatic carbocycles. The number of fused-ring (bicyclic) bond motifs is 1. The highest BCUT2D eigenvalue weighted by Gasteiger charge is 2.25. The Bertz CT molecular complexity index is 722. The number of amides is 1. The zero-order valence-corrected chi connectivity index (χ0v) is 11.0. The number of nitrogens with one attached hydrogen (secondary N) is 1. The van der Waals surface area contributed by atoms with Gasteiger partial charge in [-0.2, -0.15) is 5.10 Å². The summed E-state index contributed by atoms with van der Waals surface area (Å²) in [6, 6.07) is 5.31. The van der Waals surface area contributed by atoms with E-state index in [9.17, 15) is 13.2 Å². The molecular formula is C12H13N3O3S. The Morgan fingerprint density at radius 3 is 2.74 bits per heavy atom. The second kappa shape index (κ2) is 4.34. The normalized spacial score (nSPS) is 18.6. The Kier molecular flexibility index (Phi) is 2.78. The van der Waals surface area contributed by atoms with Crippen molar-refractivity contribution in [2.75, 3.05) is 24.6 Å². The molecule has 1 aliphatic rings. The van der Waals surface area contributed by atoms with Gasteiger partial charge in [-0.3, -0.25) is 9.89 Å². The molecule has 0 aliphatic carbocycles. The number of aromatic nitrogens is 2. The quantitative estimate of drug-likeness (QED) is 0.820. The predicted molar refractivity (Wildman–Crippen MR) is 70.7 cm³/mol. The maximum absolute atomic E-state index is 12.3. The molecule has 1 fully saturated rings. The van der Waals surface area contributed by atoms with Crippen LogP contribution in [0.5, 0.6) is 0 Å². The van der Waals surface area contributed by atoms with Crippen molar-refractivity contribution in [1.29, 1.82) is 0 Å². The number of carbonyl (C=O) groups is 1. The fraction of sp³-hybridized carbons (Fsp3) is 0.333. The molecule has 7 heteroatoms. The van der Waals surface area contributed by atoms with E-state index in [1.807, 2.05) is 6.07 Å². The highest BCUT2D eigenvalue weighted by Crippen LogP contribution is 2.15. The van der Waals surface area contributed by atoms with Crippen molar-refractivity contribution < 1.29 is 13.2 Å². The van der Waals surface area contributed by atoms with Crippen molar-refractivity contribution in [1.82, 2.24) is 15.1 Å². The van der Waals surface area contributed by atoms with Crippen molar-refractivity contribution in [2.24, 2.45) is 0 Å². The van der Waals surface area contributed by atoms with Crippen LogP contribution in [-0.2, 0) is 9.84 Å². The zero-order chi connectivity index (χ0) is 13.5. The summed E-state index contributed by atoms with van der Waals surface area (Å²) in [6.45, 7) is 0.532. The number of rotatable bonds is 1. The van der Waals surface area contributed by atoms with Crippen LogP contribution in [0.15, 0.2) is 24.4 Å². The minimum Gasteiger partial charge on any atom is -0.337 e. The molecule has 1 amide bonds. The van der Waals surface area contributed by atoms with Crippen LogP contribution in [0.25, 0.3) is 10.9 Å². The molecular weight excluding hydrogens is 266 g/mol. The van der Waals surface area contributed by atoms with Gasteiger partial charge < -0.3 is 4.90 Å². The van der Waals surface area contributed by atoms with Gasteiger partial charge in [-0.25, -0.2) is 8.42 Å². The largest absolute Gasteiger partial charge is 0.337 e. The zero-order valence-electron chi connectivity index (χ0n) is 10.2. The molecule has 19 heavy (non-hydrogen) atoms. The van der Waals surface area contributed by atoms with Gasteiger partial charge in [0.1, 0.15) is 0 Å². The lowest BCUT2D eigenvalue weighted by atomic mass is 10.1. The molecule has 2 heterocycles. The van der Waals surface area contributed by atoms with Crippen LogP contribution < -0.4 is 0 Å². The Morgan fingerprint density at radius 2 is 2.00 bits per heavy atom. The van der Waals surface area contributed by atoms with E-state index in [2.05, 4.69) is 10.2 Å². The first-order valence-corrected chi connectivity index (χ1v) is 7.80. The average molecular weight is 279 g/mol. The molecule has 1 aromatic heterocycles. The fourth-order valence-corrected chi connectivity index (χ4v) is 3.37. The minimum absolute atomic E-state index is 0.0467. The molecule has 2 aromatic rings. The number of benzene rings is 1. The van der Waals surface area contributed by atoms with E-state index in [0.29, 0.717) is 5.56 Å². The van der Waals surface area contributed by atoms with Gasteiger partial charge in [0.05, 0.1) is 23.2 Å². The molecule has 0 spiro atoms. The van der Waals surface area contributed by atoms with Crippen molar-refractivity contribution in [3.8, 4) is 0 Å². The van der Waals surface area contributed by atoms with Gasteiger partial charge in [-0.05, 0) is 12.1 Å². The Balaban J connectivity index is 1.83. The summed E-state index contributed by atoms with van der Waals surface area (Å²) in [6.07, 6.45) is 1.69. The third-order valence-electron chi connectivity index (χ3n) is 3.32. The Morgan fingerprint density at radius 1 is 1.26 bits per heavy atom. The van der Waals surface area contributed by atoms with Gasteiger partial charge in [-0.1, -0.05) is 6.07 Å². The number of sulfone groups is 1. The van der Waals surface area contributed by atoms with E-state index in [1.54, 1.807) is 23.2 Å². The number of H-pyrrole nitrogens is 1. The van der Waals surface area contributed by atoms with Crippen molar-refractivity contribution in [3.05, 3.63) is 30.0 Å². The van der Waals surface area contributed by atoms with Crippen LogP contribution in [0.3, 0.4) is 0 Å². The lowest BCUT2D eigenvalue weighted by Gasteiger charge is -2.26. The minimum atomic E-state index is -2.97. The van der Waals surface area contributed by atoms with E-state index < -0.39 is 9.84 Å². The fourth-order valence-electron chi connectivity index (χ4n) is 2.17. The molecule has 0 bridgehead atoms. The van der Waals surface area contributed by atoms with Crippen molar-refractivity contribution in [2.45, 2.75) is 0 Å². The van der Waals surface area contributed by atoms with E-state index in [1.165, 1.54) is 0 Å². The number of hydrogen-bond acceptors (Lipinski definition) is 4. The van der Waals surface area contributed by atoms with Crippen molar-refractivity contribution >= 4 is 26.6 Å². The summed E-state index contributed by atoms with van der Waals surface area (Å²) in [7, 11) is -2.97. The molecule has 0 saturated carbocycles. The monoisotopic (exact) mass is 279 g/mol. The molecule has 100 valence electrons. The summed E-state index contributed by atoms with van der Waals surface area (Å²) in [5.74, 6) is -0.0396. The molecule has 6 nitrogen and oxygen atoms in total. The summed E-state index contributed by atoms with van der Waals surface area (Å²) in [5, 5.41) is 7.66. The summed E-state index contributed by atoms with van der Waals surface area (Å²) < 4.78 is 22.7. The Hall–Kier alpha value is -1.89. The lowest BCUT2D eigenvalue weighted by Crippen LogP contribution is -2.43. The molecule has 0 unspecified atom stereocenters. The number of hydrogen-bond donors (Lipinski definition) is 1. The van der Waals surface area contributed by atoms with Gasteiger partial charge in [-0.15, -0.1) is 0 Å². The van der Waals surface area contributed by atoms with Crippen LogP contribution in [0.1, 0.15) is 10.4 Å². The van der Waals surface area contributed by atoms with E-state index in [0.717, 1.165) is 10.9 Å². The smallest absolute Gasteiger partial charge is 0.253 e. The van der Waals surface area contributed by atoms with E-state index >= 15 is 0 Å². The lowest BCUT2D eigenvalue weighted by molar-refractivity contribution is 0.0770. The highest BCUT2D eigenvalue weighted by molar-refractivity contribution is 7.91. The van der Waals surface area contributed by atoms with Gasteiger partial charge in [0.25, 0.3) is 5.91 Å². The predicted octanol–water partition coefficient (Wildman–Crippen LogP) is 0.433. The molecule has 3 rings (SSSR count). The third-order valence-corrected chi connectivity index (χ3v) is 4.93. The first kappa shape index (κ1) is 12.2. The van der Waals surface area contributed by atoms with E-state index in [-0.39, 0.29) is 30.5 Å². The van der Waals surface area contributed by atoms with Gasteiger partial charge in [0.15, 0.2) is 9.84 Å². The van der Waals surface area contributed by atoms with Crippen molar-refractivity contribution in [3.63, 3.8) is 0 Å². The topological polar surface area (TPSA) is 83.1 Å². The summed E-state index contributed by atoms with van der Waals surface area (Å²) in [4.78, 5) is 13.9. The van der Waals surface area contributed by atoms with Crippen LogP contribution in [0.2, 0.25) is 0 Å². The second-order valence-corrected chi connectivity index (χ2v) is 6.92. The highest BCUT2D eigenvalue weighted by atomic mass is 32.2. The van der Waals surface area contributed by atoms with Gasteiger partial charge in [0, 0.05) is 24.0 Å². The number of nitrogens with zero attached hydrogens (tertiary/aromatic N) is 2. The number of aromatic amines is 1. The molecule has 1 N–H and O–H groups in total. The second-order valence-electron chi connectivity index (χ2n) is 4.62. The summed E-state index contributed by atoms with van der Waals surface area (Å²) in [5.41, 5.74) is 1.35. The van der Waals surface area contributed by atoms with Crippen LogP contribution >= 0.6 is 0 Å².